The van der Waals surface area contributed by atoms with E-state index in [0.717, 1.165) is 36.3 Å². The van der Waals surface area contributed by atoms with Gasteiger partial charge in [0.05, 0.1) is 13.2 Å². The summed E-state index contributed by atoms with van der Waals surface area (Å²) in [5, 5.41) is 13.1. The highest BCUT2D eigenvalue weighted by Gasteiger charge is 2.25. The molecule has 0 bridgehead atoms. The number of ether oxygens (including phenoxy) is 1. The molecule has 2 aromatic rings. The Kier molecular flexibility index (Phi) is 4.67. The van der Waals surface area contributed by atoms with Crippen molar-refractivity contribution in [2.24, 2.45) is 0 Å². The van der Waals surface area contributed by atoms with Crippen LogP contribution in [0.15, 0.2) is 11.6 Å². The average Bonchev–Trinajstić information content (AvgIpc) is 3.11. The molecule has 114 valence electrons. The van der Waals surface area contributed by atoms with Crippen molar-refractivity contribution in [3.05, 3.63) is 16.6 Å². The third kappa shape index (κ3) is 3.50. The summed E-state index contributed by atoms with van der Waals surface area (Å²) in [7, 11) is 0. The largest absolute Gasteiger partial charge is 0.469 e. The molecule has 3 rings (SSSR count). The van der Waals surface area contributed by atoms with E-state index in [4.69, 9.17) is 4.74 Å². The Hall–Kier alpha value is -1.25. The van der Waals surface area contributed by atoms with Crippen LogP contribution >= 0.6 is 22.7 Å². The maximum Gasteiger partial charge on any atom is 0.294 e. The monoisotopic (exact) mass is 325 g/mol. The molecular formula is C13H19N5OS2. The number of aromatic nitrogens is 3. The fourth-order valence-corrected chi connectivity index (χ4v) is 4.05. The first-order chi connectivity index (χ1) is 10.3. The highest BCUT2D eigenvalue weighted by molar-refractivity contribution is 7.13. The van der Waals surface area contributed by atoms with Crippen molar-refractivity contribution in [1.82, 2.24) is 20.1 Å². The van der Waals surface area contributed by atoms with Crippen LogP contribution in [0.3, 0.4) is 0 Å². The van der Waals surface area contributed by atoms with E-state index in [-0.39, 0.29) is 0 Å². The number of nitrogens with zero attached hydrogens (tertiary/aromatic N) is 5. The maximum atomic E-state index is 5.37. The minimum Gasteiger partial charge on any atom is -0.469 e. The second-order valence-electron chi connectivity index (χ2n) is 4.99. The molecule has 0 spiro atoms. The fraction of sp³-hybridized carbons (Fsp3) is 0.615. The average molecular weight is 325 g/mol. The molecule has 21 heavy (non-hydrogen) atoms. The molecule has 0 amide bonds. The normalized spacial score (nSPS) is 19.9. The second-order valence-corrected chi connectivity index (χ2v) is 6.88. The lowest BCUT2D eigenvalue weighted by atomic mass is 10.2. The van der Waals surface area contributed by atoms with Crippen LogP contribution in [0.5, 0.6) is 5.19 Å². The minimum atomic E-state index is 0.462. The van der Waals surface area contributed by atoms with Gasteiger partial charge in [-0.3, -0.25) is 4.90 Å². The van der Waals surface area contributed by atoms with Crippen molar-refractivity contribution >= 4 is 27.8 Å². The number of hydrogen-bond acceptors (Lipinski definition) is 8. The van der Waals surface area contributed by atoms with Crippen LogP contribution in [-0.4, -0.2) is 52.4 Å². The summed E-state index contributed by atoms with van der Waals surface area (Å²) in [6, 6.07) is 0.462. The van der Waals surface area contributed by atoms with E-state index >= 15 is 0 Å². The summed E-state index contributed by atoms with van der Waals surface area (Å²) in [6.07, 6.45) is 1.87. The first-order valence-corrected chi connectivity index (χ1v) is 8.79. The molecule has 1 saturated heterocycles. The standard InChI is InChI=1S/C13H19N5OS2/c1-3-19-13-16-15-11(21-13)9-17-5-6-18(10(2)8-17)12-14-4-7-20-12/h4,7,10H,3,5-6,8-9H2,1-2H3/t10-/m0/s1. The third-order valence-electron chi connectivity index (χ3n) is 3.45. The molecule has 6 nitrogen and oxygen atoms in total. The summed E-state index contributed by atoms with van der Waals surface area (Å²) in [5.41, 5.74) is 0. The SMILES string of the molecule is CCOc1nnc(CN2CCN(c3nccs3)[C@@H](C)C2)s1. The Labute approximate surface area is 132 Å². The van der Waals surface area contributed by atoms with Crippen LogP contribution in [-0.2, 0) is 6.54 Å². The maximum absolute atomic E-state index is 5.37. The highest BCUT2D eigenvalue weighted by Crippen LogP contribution is 2.24. The molecule has 2 aromatic heterocycles. The topological polar surface area (TPSA) is 54.4 Å². The van der Waals surface area contributed by atoms with Gasteiger partial charge in [0.1, 0.15) is 5.01 Å². The van der Waals surface area contributed by atoms with Crippen molar-refractivity contribution in [1.29, 1.82) is 0 Å². The summed E-state index contributed by atoms with van der Waals surface area (Å²) in [4.78, 5) is 9.22. The predicted octanol–water partition coefficient (Wildman–Crippen LogP) is 2.10. The fourth-order valence-electron chi connectivity index (χ4n) is 2.49. The molecule has 0 N–H and O–H groups in total. The lowest BCUT2D eigenvalue weighted by Crippen LogP contribution is -2.51. The van der Waals surface area contributed by atoms with Gasteiger partial charge in [-0.25, -0.2) is 4.98 Å². The van der Waals surface area contributed by atoms with Gasteiger partial charge in [-0.05, 0) is 13.8 Å². The van der Waals surface area contributed by atoms with E-state index < -0.39 is 0 Å². The lowest BCUT2D eigenvalue weighted by molar-refractivity contribution is 0.220. The van der Waals surface area contributed by atoms with E-state index in [0.29, 0.717) is 17.8 Å². The van der Waals surface area contributed by atoms with Crippen molar-refractivity contribution < 1.29 is 4.74 Å². The van der Waals surface area contributed by atoms with Gasteiger partial charge in [-0.1, -0.05) is 11.3 Å². The summed E-state index contributed by atoms with van der Waals surface area (Å²) in [6.45, 7) is 8.74. The second kappa shape index (κ2) is 6.67. The summed E-state index contributed by atoms with van der Waals surface area (Å²) in [5.74, 6) is 0. The Balaban J connectivity index is 1.56. The molecule has 1 atom stereocenters. The zero-order valence-electron chi connectivity index (χ0n) is 12.2. The molecule has 1 aliphatic rings. The smallest absolute Gasteiger partial charge is 0.294 e. The van der Waals surface area contributed by atoms with Crippen LogP contribution < -0.4 is 9.64 Å². The number of rotatable bonds is 5. The van der Waals surface area contributed by atoms with Crippen LogP contribution in [0.1, 0.15) is 18.9 Å². The first-order valence-electron chi connectivity index (χ1n) is 7.10. The zero-order chi connectivity index (χ0) is 14.7. The zero-order valence-corrected chi connectivity index (χ0v) is 13.9. The summed E-state index contributed by atoms with van der Waals surface area (Å²) < 4.78 is 5.37. The lowest BCUT2D eigenvalue weighted by Gasteiger charge is -2.39. The third-order valence-corrected chi connectivity index (χ3v) is 5.08. The quantitative estimate of drug-likeness (QED) is 0.839. The molecule has 1 aliphatic heterocycles. The highest BCUT2D eigenvalue weighted by atomic mass is 32.1. The van der Waals surface area contributed by atoms with Gasteiger partial charge in [0.25, 0.3) is 5.19 Å². The van der Waals surface area contributed by atoms with Crippen molar-refractivity contribution in [2.75, 3.05) is 31.1 Å². The molecule has 0 saturated carbocycles. The number of piperazine rings is 1. The molecule has 1 fully saturated rings. The van der Waals surface area contributed by atoms with E-state index in [1.807, 2.05) is 18.5 Å². The Morgan fingerprint density at radius 1 is 1.38 bits per heavy atom. The number of hydrogen-bond donors (Lipinski definition) is 0. The van der Waals surface area contributed by atoms with E-state index in [1.54, 1.807) is 22.7 Å². The predicted molar refractivity (Wildman–Crippen MR) is 85.3 cm³/mol. The van der Waals surface area contributed by atoms with Gasteiger partial charge in [-0.2, -0.15) is 0 Å². The number of anilines is 1. The van der Waals surface area contributed by atoms with Crippen LogP contribution in [0, 0.1) is 0 Å². The Morgan fingerprint density at radius 2 is 2.29 bits per heavy atom. The molecule has 0 unspecified atom stereocenters. The molecule has 0 radical (unpaired) electrons. The Bertz CT molecular complexity index is 559. The van der Waals surface area contributed by atoms with Gasteiger partial charge in [-0.15, -0.1) is 21.5 Å². The van der Waals surface area contributed by atoms with Gasteiger partial charge in [0.2, 0.25) is 0 Å². The van der Waals surface area contributed by atoms with Gasteiger partial charge < -0.3 is 9.64 Å². The van der Waals surface area contributed by atoms with Crippen molar-refractivity contribution in [3.63, 3.8) is 0 Å². The van der Waals surface area contributed by atoms with Gasteiger partial charge in [0.15, 0.2) is 5.13 Å². The van der Waals surface area contributed by atoms with E-state index in [1.165, 1.54) is 0 Å². The van der Waals surface area contributed by atoms with E-state index in [2.05, 4.69) is 31.9 Å². The van der Waals surface area contributed by atoms with Crippen molar-refractivity contribution in [3.8, 4) is 5.19 Å². The molecular weight excluding hydrogens is 306 g/mol. The number of thiazole rings is 1. The Morgan fingerprint density at radius 3 is 3.00 bits per heavy atom. The van der Waals surface area contributed by atoms with Crippen molar-refractivity contribution in [2.45, 2.75) is 26.4 Å². The van der Waals surface area contributed by atoms with Crippen LogP contribution in [0.2, 0.25) is 0 Å². The first kappa shape index (κ1) is 14.7. The van der Waals surface area contributed by atoms with Crippen LogP contribution in [0.4, 0.5) is 5.13 Å². The summed E-state index contributed by atoms with van der Waals surface area (Å²) >= 11 is 3.25. The van der Waals surface area contributed by atoms with E-state index in [9.17, 15) is 0 Å². The minimum absolute atomic E-state index is 0.462. The van der Waals surface area contributed by atoms with Crippen LogP contribution in [0.25, 0.3) is 0 Å². The molecule has 3 heterocycles. The molecule has 0 aliphatic carbocycles. The van der Waals surface area contributed by atoms with Gasteiger partial charge >= 0.3 is 0 Å². The van der Waals surface area contributed by atoms with Gasteiger partial charge in [0, 0.05) is 37.3 Å². The molecule has 8 heteroatoms. The molecule has 0 aromatic carbocycles.